The van der Waals surface area contributed by atoms with Crippen LogP contribution in [-0.4, -0.2) is 45.3 Å². The van der Waals surface area contributed by atoms with E-state index in [0.717, 1.165) is 22.4 Å². The first-order valence-corrected chi connectivity index (χ1v) is 9.53. The fourth-order valence-electron chi connectivity index (χ4n) is 3.68. The summed E-state index contributed by atoms with van der Waals surface area (Å²) in [4.78, 5) is 41.8. The number of nitrogens with zero attached hydrogens (tertiary/aromatic N) is 3. The number of aryl methyl sites for hydroxylation is 2. The van der Waals surface area contributed by atoms with Crippen LogP contribution in [0.1, 0.15) is 39.7 Å². The van der Waals surface area contributed by atoms with E-state index >= 15 is 0 Å². The van der Waals surface area contributed by atoms with Crippen molar-refractivity contribution in [2.75, 3.05) is 13.1 Å². The van der Waals surface area contributed by atoms with Gasteiger partial charge in [-0.25, -0.2) is 0 Å². The molecule has 2 heterocycles. The van der Waals surface area contributed by atoms with E-state index in [0.29, 0.717) is 19.6 Å². The van der Waals surface area contributed by atoms with E-state index in [1.807, 2.05) is 39.0 Å². The summed E-state index contributed by atoms with van der Waals surface area (Å²) >= 11 is 0. The Labute approximate surface area is 165 Å². The lowest BCUT2D eigenvalue weighted by Crippen LogP contribution is -2.57. The first-order valence-electron chi connectivity index (χ1n) is 9.53. The molecule has 1 aromatic carbocycles. The van der Waals surface area contributed by atoms with E-state index in [2.05, 4.69) is 6.07 Å². The maximum Gasteiger partial charge on any atom is 0.263 e. The van der Waals surface area contributed by atoms with E-state index < -0.39 is 6.04 Å². The molecule has 28 heavy (non-hydrogen) atoms. The van der Waals surface area contributed by atoms with Crippen LogP contribution in [0.3, 0.4) is 0 Å². The van der Waals surface area contributed by atoms with E-state index in [4.69, 9.17) is 0 Å². The average molecular weight is 381 g/mol. The number of carbonyl (C=O) groups excluding carboxylic acids is 2. The topological polar surface area (TPSA) is 62.6 Å². The van der Waals surface area contributed by atoms with Crippen LogP contribution in [0.25, 0.3) is 0 Å². The van der Waals surface area contributed by atoms with Gasteiger partial charge in [-0.15, -0.1) is 0 Å². The number of pyridine rings is 1. The predicted molar refractivity (Wildman–Crippen MR) is 108 cm³/mol. The molecule has 2 amide bonds. The van der Waals surface area contributed by atoms with Gasteiger partial charge in [-0.2, -0.15) is 0 Å². The van der Waals surface area contributed by atoms with Crippen LogP contribution in [0.2, 0.25) is 0 Å². The third kappa shape index (κ3) is 3.59. The number of hydrogen-bond donors (Lipinski definition) is 0. The zero-order valence-corrected chi connectivity index (χ0v) is 17.2. The standard InChI is InChI=1S/C22H27N3O3/c1-14-7-6-8-18(11-14)13-24-9-10-25(17(4)20(24)26)22(28)19-12-15(2)16(3)23(5)21(19)27/h6-8,11-12,17H,9-10,13H2,1-5H3/t17-/m1/s1. The van der Waals surface area contributed by atoms with Crippen LogP contribution in [0.15, 0.2) is 35.1 Å². The highest BCUT2D eigenvalue weighted by Crippen LogP contribution is 2.18. The van der Waals surface area contributed by atoms with E-state index in [-0.39, 0.29) is 22.9 Å². The minimum Gasteiger partial charge on any atom is -0.335 e. The molecule has 1 saturated heterocycles. The summed E-state index contributed by atoms with van der Waals surface area (Å²) in [5, 5.41) is 0. The highest BCUT2D eigenvalue weighted by molar-refractivity contribution is 5.98. The van der Waals surface area contributed by atoms with Gasteiger partial charge in [0, 0.05) is 32.4 Å². The first kappa shape index (κ1) is 19.9. The van der Waals surface area contributed by atoms with Gasteiger partial charge < -0.3 is 14.4 Å². The number of carbonyl (C=O) groups is 2. The molecular weight excluding hydrogens is 354 g/mol. The van der Waals surface area contributed by atoms with Crippen molar-refractivity contribution >= 4 is 11.8 Å². The molecule has 1 fully saturated rings. The normalized spacial score (nSPS) is 17.2. The van der Waals surface area contributed by atoms with Crippen LogP contribution < -0.4 is 5.56 Å². The molecule has 0 bridgehead atoms. The van der Waals surface area contributed by atoms with Crippen LogP contribution >= 0.6 is 0 Å². The number of rotatable bonds is 3. The smallest absolute Gasteiger partial charge is 0.263 e. The maximum atomic E-state index is 13.0. The van der Waals surface area contributed by atoms with Gasteiger partial charge in [0.05, 0.1) is 0 Å². The summed E-state index contributed by atoms with van der Waals surface area (Å²) in [5.74, 6) is -0.471. The van der Waals surface area contributed by atoms with Gasteiger partial charge in [0.15, 0.2) is 0 Å². The van der Waals surface area contributed by atoms with Crippen LogP contribution in [0.4, 0.5) is 0 Å². The number of benzene rings is 1. The van der Waals surface area contributed by atoms with Crippen molar-refractivity contribution in [2.24, 2.45) is 7.05 Å². The maximum absolute atomic E-state index is 13.0. The van der Waals surface area contributed by atoms with Crippen LogP contribution in [-0.2, 0) is 18.4 Å². The Morgan fingerprint density at radius 2 is 1.82 bits per heavy atom. The molecule has 148 valence electrons. The highest BCUT2D eigenvalue weighted by atomic mass is 16.2. The second kappa shape index (κ2) is 7.62. The number of hydrogen-bond acceptors (Lipinski definition) is 3. The molecule has 1 atom stereocenters. The number of piperazine rings is 1. The summed E-state index contributed by atoms with van der Waals surface area (Å²) in [6.45, 7) is 8.86. The van der Waals surface area contributed by atoms with Gasteiger partial charge in [0.2, 0.25) is 5.91 Å². The molecule has 1 aliphatic heterocycles. The molecule has 3 rings (SSSR count). The van der Waals surface area contributed by atoms with Crippen molar-refractivity contribution in [1.82, 2.24) is 14.4 Å². The fourth-order valence-corrected chi connectivity index (χ4v) is 3.68. The number of amides is 2. The summed E-state index contributed by atoms with van der Waals surface area (Å²) in [7, 11) is 1.66. The van der Waals surface area contributed by atoms with Crippen LogP contribution in [0.5, 0.6) is 0 Å². The van der Waals surface area contributed by atoms with Crippen molar-refractivity contribution < 1.29 is 9.59 Å². The Kier molecular flexibility index (Phi) is 5.40. The Morgan fingerprint density at radius 3 is 2.50 bits per heavy atom. The Bertz CT molecular complexity index is 993. The molecule has 0 radical (unpaired) electrons. The molecule has 0 N–H and O–H groups in total. The lowest BCUT2D eigenvalue weighted by atomic mass is 10.1. The van der Waals surface area contributed by atoms with E-state index in [1.165, 1.54) is 9.47 Å². The number of aromatic nitrogens is 1. The van der Waals surface area contributed by atoms with Gasteiger partial charge in [0.1, 0.15) is 11.6 Å². The molecule has 2 aromatic rings. The fraction of sp³-hybridized carbons (Fsp3) is 0.409. The summed E-state index contributed by atoms with van der Waals surface area (Å²) < 4.78 is 1.49. The minimum absolute atomic E-state index is 0.0956. The van der Waals surface area contributed by atoms with Gasteiger partial charge in [-0.3, -0.25) is 14.4 Å². The van der Waals surface area contributed by atoms with E-state index in [9.17, 15) is 14.4 Å². The Balaban J connectivity index is 1.80. The lowest BCUT2D eigenvalue weighted by Gasteiger charge is -2.39. The lowest BCUT2D eigenvalue weighted by molar-refractivity contribution is -0.140. The Hall–Kier alpha value is -2.89. The SMILES string of the molecule is Cc1cccc(CN2CCN(C(=O)c3cc(C)c(C)n(C)c3=O)[C@H](C)C2=O)c1. The quantitative estimate of drug-likeness (QED) is 0.819. The molecule has 1 aromatic heterocycles. The minimum atomic E-state index is -0.600. The van der Waals surface area contributed by atoms with Crippen molar-refractivity contribution in [3.63, 3.8) is 0 Å². The molecule has 0 saturated carbocycles. The van der Waals surface area contributed by atoms with Gasteiger partial charge in [-0.05, 0) is 44.9 Å². The van der Waals surface area contributed by atoms with Gasteiger partial charge in [0.25, 0.3) is 11.5 Å². The van der Waals surface area contributed by atoms with Crippen molar-refractivity contribution in [2.45, 2.75) is 40.3 Å². The third-order valence-corrected chi connectivity index (χ3v) is 5.66. The largest absolute Gasteiger partial charge is 0.335 e. The van der Waals surface area contributed by atoms with Crippen molar-refractivity contribution in [1.29, 1.82) is 0 Å². The highest BCUT2D eigenvalue weighted by Gasteiger charge is 2.35. The van der Waals surface area contributed by atoms with Gasteiger partial charge >= 0.3 is 0 Å². The zero-order chi connectivity index (χ0) is 20.6. The molecule has 6 heteroatoms. The molecule has 0 spiro atoms. The zero-order valence-electron chi connectivity index (χ0n) is 17.2. The summed E-state index contributed by atoms with van der Waals surface area (Å²) in [6.07, 6.45) is 0. The molecule has 6 nitrogen and oxygen atoms in total. The molecule has 1 aliphatic rings. The monoisotopic (exact) mass is 381 g/mol. The average Bonchev–Trinajstić information content (AvgIpc) is 2.66. The van der Waals surface area contributed by atoms with Crippen molar-refractivity contribution in [3.8, 4) is 0 Å². The second-order valence-corrected chi connectivity index (χ2v) is 7.61. The second-order valence-electron chi connectivity index (χ2n) is 7.61. The first-order chi connectivity index (χ1) is 13.2. The molecular formula is C22H27N3O3. The summed E-state index contributed by atoms with van der Waals surface area (Å²) in [5.41, 5.74) is 3.73. The predicted octanol–water partition coefficient (Wildman–Crippen LogP) is 2.18. The van der Waals surface area contributed by atoms with Crippen LogP contribution in [0, 0.1) is 20.8 Å². The molecule has 0 unspecified atom stereocenters. The van der Waals surface area contributed by atoms with Crippen molar-refractivity contribution in [3.05, 3.63) is 68.6 Å². The third-order valence-electron chi connectivity index (χ3n) is 5.66. The molecule has 0 aliphatic carbocycles. The summed E-state index contributed by atoms with van der Waals surface area (Å²) in [6, 6.07) is 9.10. The van der Waals surface area contributed by atoms with E-state index in [1.54, 1.807) is 24.9 Å². The Morgan fingerprint density at radius 1 is 1.11 bits per heavy atom. The van der Waals surface area contributed by atoms with Gasteiger partial charge in [-0.1, -0.05) is 29.8 Å².